The average molecular weight is 736 g/mol. The summed E-state index contributed by atoms with van der Waals surface area (Å²) in [5, 5.41) is 18.5. The number of halogens is 18. The van der Waals surface area contributed by atoms with Crippen molar-refractivity contribution in [2.24, 2.45) is 0 Å². The Hall–Kier alpha value is -2.90. The summed E-state index contributed by atoms with van der Waals surface area (Å²) in [7, 11) is 0. The van der Waals surface area contributed by atoms with Crippen molar-refractivity contribution < 1.29 is 89.2 Å². The van der Waals surface area contributed by atoms with Gasteiger partial charge >= 0.3 is 37.1 Å². The van der Waals surface area contributed by atoms with Crippen LogP contribution in [0.2, 0.25) is 0 Å². The molecule has 2 nitrogen and oxygen atoms in total. The van der Waals surface area contributed by atoms with E-state index in [1.54, 1.807) is 6.92 Å². The third kappa shape index (κ3) is 8.45. The summed E-state index contributed by atoms with van der Waals surface area (Å²) < 4.78 is 232. The van der Waals surface area contributed by atoms with Crippen molar-refractivity contribution in [2.75, 3.05) is 0 Å². The molecule has 2 aromatic rings. The second kappa shape index (κ2) is 13.8. The van der Waals surface area contributed by atoms with Gasteiger partial charge in [-0.1, -0.05) is 52.0 Å². The van der Waals surface area contributed by atoms with Crippen LogP contribution in [-0.2, 0) is 23.6 Å². The van der Waals surface area contributed by atoms with Gasteiger partial charge in [0.1, 0.15) is 0 Å². The van der Waals surface area contributed by atoms with Crippen LogP contribution in [0.4, 0.5) is 79.0 Å². The monoisotopic (exact) mass is 736 g/mol. The van der Waals surface area contributed by atoms with Crippen LogP contribution in [0.25, 0.3) is 0 Å². The molecule has 0 radical (unpaired) electrons. The Morgan fingerprint density at radius 2 is 0.875 bits per heavy atom. The number of alkyl halides is 18. The topological polar surface area (TPSA) is 40.5 Å². The molecule has 2 unspecified atom stereocenters. The first-order valence-electron chi connectivity index (χ1n) is 13.3. The van der Waals surface area contributed by atoms with Crippen molar-refractivity contribution in [1.82, 2.24) is 0 Å². The maximum atomic E-state index is 13.1. The minimum atomic E-state index is -6.39. The van der Waals surface area contributed by atoms with Crippen molar-refractivity contribution in [2.45, 2.75) is 101 Å². The number of hydrogen-bond donors (Lipinski definition) is 2. The van der Waals surface area contributed by atoms with Crippen molar-refractivity contribution in [3.63, 3.8) is 0 Å². The quantitative estimate of drug-likeness (QED) is 0.290. The molecular weight excluding hydrogens is 710 g/mol. The van der Waals surface area contributed by atoms with Crippen LogP contribution in [-0.4, -0.2) is 34.9 Å². The van der Waals surface area contributed by atoms with E-state index < -0.39 is 87.9 Å². The van der Waals surface area contributed by atoms with E-state index in [9.17, 15) is 89.2 Å². The second-order valence-electron chi connectivity index (χ2n) is 10.6. The SMILES string of the molecule is CCC(C)c1ccc(C(O)(C(F)(F)F)C(F)(F)F)c(C(F)(F)F)c1.CCC(C)c1ccc(C(O)(C(F)(F)F)C(F)(F)F)cc1C(F)(F)F. The van der Waals surface area contributed by atoms with Gasteiger partial charge in [-0.15, -0.1) is 0 Å². The van der Waals surface area contributed by atoms with Crippen LogP contribution in [0, 0.1) is 0 Å². The van der Waals surface area contributed by atoms with Crippen LogP contribution < -0.4 is 0 Å². The molecule has 2 N–H and O–H groups in total. The van der Waals surface area contributed by atoms with E-state index in [-0.39, 0.29) is 36.2 Å². The van der Waals surface area contributed by atoms with Crippen molar-refractivity contribution in [3.05, 3.63) is 69.8 Å². The van der Waals surface area contributed by atoms with Gasteiger partial charge in [0.15, 0.2) is 0 Å². The molecule has 0 aromatic heterocycles. The van der Waals surface area contributed by atoms with Gasteiger partial charge in [0.05, 0.1) is 11.1 Å². The summed E-state index contributed by atoms with van der Waals surface area (Å²) in [6.45, 7) is 5.92. The first-order valence-corrected chi connectivity index (χ1v) is 13.3. The third-order valence-corrected chi connectivity index (χ3v) is 7.48. The van der Waals surface area contributed by atoms with E-state index in [1.165, 1.54) is 20.8 Å². The van der Waals surface area contributed by atoms with E-state index >= 15 is 0 Å². The average Bonchev–Trinajstić information content (AvgIpc) is 2.91. The molecule has 2 atom stereocenters. The molecule has 20 heteroatoms. The summed E-state index contributed by atoms with van der Waals surface area (Å²) in [5.41, 5.74) is -19.6. The highest BCUT2D eigenvalue weighted by molar-refractivity contribution is 5.42. The fourth-order valence-electron chi connectivity index (χ4n) is 4.28. The van der Waals surface area contributed by atoms with Crippen LogP contribution in [0.5, 0.6) is 0 Å². The van der Waals surface area contributed by atoms with Crippen LogP contribution in [0.15, 0.2) is 36.4 Å². The van der Waals surface area contributed by atoms with Gasteiger partial charge in [-0.05, 0) is 47.9 Å². The molecular formula is C28H26F18O2. The smallest absolute Gasteiger partial charge is 0.369 e. The minimum absolute atomic E-state index is 0.0330. The summed E-state index contributed by atoms with van der Waals surface area (Å²) in [6, 6.07) is 1.44. The lowest BCUT2D eigenvalue weighted by atomic mass is 9.85. The molecule has 0 saturated carbocycles. The van der Waals surface area contributed by atoms with E-state index in [1.807, 2.05) is 0 Å². The lowest BCUT2D eigenvalue weighted by Gasteiger charge is -2.34. The van der Waals surface area contributed by atoms with Crippen molar-refractivity contribution in [1.29, 1.82) is 0 Å². The van der Waals surface area contributed by atoms with Gasteiger partial charge in [-0.25, -0.2) is 0 Å². The Bertz CT molecular complexity index is 1350. The molecule has 276 valence electrons. The van der Waals surface area contributed by atoms with Gasteiger partial charge in [-0.2, -0.15) is 79.0 Å². The van der Waals surface area contributed by atoms with E-state index in [0.717, 1.165) is 6.07 Å². The van der Waals surface area contributed by atoms with Crippen molar-refractivity contribution in [3.8, 4) is 0 Å². The van der Waals surface area contributed by atoms with E-state index in [4.69, 9.17) is 0 Å². The van der Waals surface area contributed by atoms with Crippen LogP contribution in [0.3, 0.4) is 0 Å². The van der Waals surface area contributed by atoms with E-state index in [2.05, 4.69) is 0 Å². The van der Waals surface area contributed by atoms with Gasteiger partial charge in [0.25, 0.3) is 11.2 Å². The fraction of sp³-hybridized carbons (Fsp3) is 0.571. The number of rotatable bonds is 6. The molecule has 0 aliphatic heterocycles. The van der Waals surface area contributed by atoms with Crippen LogP contribution >= 0.6 is 0 Å². The lowest BCUT2D eigenvalue weighted by molar-refractivity contribution is -0.377. The lowest BCUT2D eigenvalue weighted by Crippen LogP contribution is -2.54. The first-order chi connectivity index (χ1) is 21.1. The number of aliphatic hydroxyl groups is 2. The highest BCUT2D eigenvalue weighted by Crippen LogP contribution is 2.54. The second-order valence-corrected chi connectivity index (χ2v) is 10.6. The highest BCUT2D eigenvalue weighted by atomic mass is 19.4. The molecule has 0 fully saturated rings. The Labute approximate surface area is 260 Å². The Balaban J connectivity index is 0.000000480. The molecule has 2 aromatic carbocycles. The Morgan fingerprint density at radius 3 is 1.21 bits per heavy atom. The number of hydrogen-bond acceptors (Lipinski definition) is 2. The zero-order valence-electron chi connectivity index (χ0n) is 24.7. The van der Waals surface area contributed by atoms with Gasteiger partial charge in [0, 0.05) is 11.1 Å². The standard InChI is InChI=1S/2C14H13F9O/c1-3-7(2)9-5-4-8(6-10(9)12(15,16)17)11(24,13(18,19)20)14(21,22)23;1-3-7(2)8-4-5-9(10(6-8)12(15,16)17)11(24,13(18,19)20)14(21,22)23/h2*4-7,24H,3H2,1-2H3. The predicted octanol–water partition coefficient (Wildman–Crippen LogP) is 11.1. The van der Waals surface area contributed by atoms with Gasteiger partial charge in [0.2, 0.25) is 0 Å². The normalized spacial score (nSPS) is 15.5. The maximum Gasteiger partial charge on any atom is 0.430 e. The largest absolute Gasteiger partial charge is 0.430 e. The molecule has 0 amide bonds. The molecule has 0 aliphatic rings. The Morgan fingerprint density at radius 1 is 0.479 bits per heavy atom. The molecule has 0 bridgehead atoms. The maximum absolute atomic E-state index is 13.1. The van der Waals surface area contributed by atoms with Crippen molar-refractivity contribution >= 4 is 0 Å². The summed E-state index contributed by atoms with van der Waals surface area (Å²) in [5.74, 6) is -1.27. The minimum Gasteiger partial charge on any atom is -0.369 e. The van der Waals surface area contributed by atoms with Gasteiger partial charge < -0.3 is 10.2 Å². The Kier molecular flexibility index (Phi) is 12.4. The summed E-state index contributed by atoms with van der Waals surface area (Å²) in [6.07, 6.45) is -35.4. The zero-order chi connectivity index (χ0) is 38.3. The molecule has 48 heavy (non-hydrogen) atoms. The van der Waals surface area contributed by atoms with Crippen LogP contribution in [0.1, 0.15) is 85.8 Å². The highest BCUT2D eigenvalue weighted by Gasteiger charge is 2.73. The predicted molar refractivity (Wildman–Crippen MR) is 132 cm³/mol. The molecule has 0 aliphatic carbocycles. The molecule has 0 heterocycles. The fourth-order valence-corrected chi connectivity index (χ4v) is 4.28. The third-order valence-electron chi connectivity index (χ3n) is 7.48. The molecule has 0 saturated heterocycles. The molecule has 2 rings (SSSR count). The van der Waals surface area contributed by atoms with E-state index in [0.29, 0.717) is 12.5 Å². The van der Waals surface area contributed by atoms with Gasteiger partial charge in [-0.3, -0.25) is 0 Å². The number of benzene rings is 2. The summed E-state index contributed by atoms with van der Waals surface area (Å²) >= 11 is 0. The first kappa shape index (κ1) is 43.1. The zero-order valence-corrected chi connectivity index (χ0v) is 24.7. The summed E-state index contributed by atoms with van der Waals surface area (Å²) in [4.78, 5) is 0. The molecule has 0 spiro atoms.